The molecule has 4 heterocycles. The van der Waals surface area contributed by atoms with E-state index in [4.69, 9.17) is 9.47 Å². The number of anilines is 1. The quantitative estimate of drug-likeness (QED) is 0.535. The minimum Gasteiger partial charge on any atom is -0.489 e. The van der Waals surface area contributed by atoms with Gasteiger partial charge in [-0.15, -0.1) is 0 Å². The first-order valence-electron chi connectivity index (χ1n) is 11.4. The molecular formula is C25H27N5O4. The normalized spacial score (nSPS) is 21.3. The Hall–Kier alpha value is -3.64. The Morgan fingerprint density at radius 2 is 2.06 bits per heavy atom. The summed E-state index contributed by atoms with van der Waals surface area (Å²) >= 11 is 0. The van der Waals surface area contributed by atoms with Crippen LogP contribution in [0.2, 0.25) is 0 Å². The summed E-state index contributed by atoms with van der Waals surface area (Å²) in [6.07, 6.45) is 5.01. The van der Waals surface area contributed by atoms with Crippen molar-refractivity contribution in [1.82, 2.24) is 14.6 Å². The summed E-state index contributed by atoms with van der Waals surface area (Å²) in [6, 6.07) is 7.97. The SMILES string of the molecule is CCOC(=O)[C@H]1[C@@H]2CN(c3ccc(-c4cc(OCC(C)(C)O)cn5ncc(C#N)c45)cn3)C[C@@H]21. The second-order valence-corrected chi connectivity index (χ2v) is 9.57. The number of aromatic nitrogens is 3. The third-order valence-corrected chi connectivity index (χ3v) is 6.43. The van der Waals surface area contributed by atoms with Crippen LogP contribution < -0.4 is 9.64 Å². The van der Waals surface area contributed by atoms with Crippen molar-refractivity contribution in [3.63, 3.8) is 0 Å². The van der Waals surface area contributed by atoms with Gasteiger partial charge in [0.15, 0.2) is 0 Å². The largest absolute Gasteiger partial charge is 0.489 e. The first-order valence-corrected chi connectivity index (χ1v) is 11.4. The molecule has 0 unspecified atom stereocenters. The molecule has 5 rings (SSSR count). The number of hydrogen-bond acceptors (Lipinski definition) is 8. The zero-order chi connectivity index (χ0) is 24.0. The van der Waals surface area contributed by atoms with Gasteiger partial charge >= 0.3 is 5.97 Å². The fourth-order valence-electron chi connectivity index (χ4n) is 4.77. The highest BCUT2D eigenvalue weighted by Gasteiger charge is 2.60. The molecule has 1 saturated heterocycles. The van der Waals surface area contributed by atoms with E-state index in [1.165, 1.54) is 6.20 Å². The van der Waals surface area contributed by atoms with E-state index in [2.05, 4.69) is 21.1 Å². The van der Waals surface area contributed by atoms with E-state index in [1.807, 2.05) is 25.1 Å². The molecule has 2 fully saturated rings. The van der Waals surface area contributed by atoms with E-state index in [-0.39, 0.29) is 18.5 Å². The molecule has 9 nitrogen and oxygen atoms in total. The minimum atomic E-state index is -0.983. The number of ether oxygens (including phenoxy) is 2. The van der Waals surface area contributed by atoms with Crippen molar-refractivity contribution in [2.45, 2.75) is 26.4 Å². The molecule has 9 heteroatoms. The second-order valence-electron chi connectivity index (χ2n) is 9.57. The number of pyridine rings is 2. The van der Waals surface area contributed by atoms with Gasteiger partial charge in [-0.05, 0) is 50.8 Å². The number of rotatable bonds is 7. The summed E-state index contributed by atoms with van der Waals surface area (Å²) in [5.74, 6) is 2.03. The van der Waals surface area contributed by atoms with Crippen LogP contribution >= 0.6 is 0 Å². The summed E-state index contributed by atoms with van der Waals surface area (Å²) in [5, 5.41) is 23.9. The Bertz CT molecular complexity index is 1260. The maximum absolute atomic E-state index is 12.0. The highest BCUT2D eigenvalue weighted by Crippen LogP contribution is 2.53. The van der Waals surface area contributed by atoms with E-state index in [9.17, 15) is 15.2 Å². The average Bonchev–Trinajstić information content (AvgIpc) is 3.12. The maximum Gasteiger partial charge on any atom is 0.309 e. The lowest BCUT2D eigenvalue weighted by Crippen LogP contribution is -2.28. The van der Waals surface area contributed by atoms with Crippen molar-refractivity contribution in [1.29, 1.82) is 5.26 Å². The zero-order valence-electron chi connectivity index (χ0n) is 19.4. The molecule has 3 atom stereocenters. The van der Waals surface area contributed by atoms with E-state index >= 15 is 0 Å². The molecule has 2 aliphatic rings. The summed E-state index contributed by atoms with van der Waals surface area (Å²) in [4.78, 5) is 18.9. The van der Waals surface area contributed by atoms with Crippen molar-refractivity contribution in [3.8, 4) is 22.9 Å². The molecular weight excluding hydrogens is 434 g/mol. The van der Waals surface area contributed by atoms with Crippen molar-refractivity contribution in [2.24, 2.45) is 17.8 Å². The Labute approximate surface area is 197 Å². The van der Waals surface area contributed by atoms with Gasteiger partial charge in [-0.3, -0.25) is 4.79 Å². The van der Waals surface area contributed by atoms with Crippen LogP contribution in [0.5, 0.6) is 5.75 Å². The fraction of sp³-hybridized carbons (Fsp3) is 0.440. The van der Waals surface area contributed by atoms with Crippen LogP contribution in [-0.4, -0.2) is 57.6 Å². The van der Waals surface area contributed by atoms with E-state index in [0.717, 1.165) is 30.0 Å². The third-order valence-electron chi connectivity index (χ3n) is 6.43. The maximum atomic E-state index is 12.0. The lowest BCUT2D eigenvalue weighted by molar-refractivity contribution is -0.145. The number of carbonyl (C=O) groups is 1. The molecule has 0 spiro atoms. The Balaban J connectivity index is 1.38. The van der Waals surface area contributed by atoms with Crippen LogP contribution in [0.3, 0.4) is 0 Å². The number of esters is 1. The van der Waals surface area contributed by atoms with Gasteiger partial charge < -0.3 is 19.5 Å². The highest BCUT2D eigenvalue weighted by atomic mass is 16.5. The summed E-state index contributed by atoms with van der Waals surface area (Å²) in [7, 11) is 0. The number of nitrogens with zero attached hydrogens (tertiary/aromatic N) is 5. The van der Waals surface area contributed by atoms with Gasteiger partial charge in [-0.1, -0.05) is 0 Å². The summed E-state index contributed by atoms with van der Waals surface area (Å²) < 4.78 is 12.6. The molecule has 0 aromatic carbocycles. The number of fused-ring (bicyclic) bond motifs is 2. The molecule has 0 amide bonds. The van der Waals surface area contributed by atoms with Gasteiger partial charge in [0, 0.05) is 30.4 Å². The molecule has 176 valence electrons. The van der Waals surface area contributed by atoms with Crippen LogP contribution in [0, 0.1) is 29.1 Å². The number of aliphatic hydroxyl groups is 1. The number of carbonyl (C=O) groups excluding carboxylic acids is 1. The van der Waals surface area contributed by atoms with Crippen LogP contribution in [0.4, 0.5) is 5.82 Å². The Kier molecular flexibility index (Phi) is 5.41. The van der Waals surface area contributed by atoms with Crippen LogP contribution in [-0.2, 0) is 9.53 Å². The predicted octanol–water partition coefficient (Wildman–Crippen LogP) is 2.66. The van der Waals surface area contributed by atoms with Gasteiger partial charge in [-0.25, -0.2) is 9.50 Å². The van der Waals surface area contributed by atoms with Crippen LogP contribution in [0.1, 0.15) is 26.3 Å². The zero-order valence-corrected chi connectivity index (χ0v) is 19.4. The van der Waals surface area contributed by atoms with Gasteiger partial charge in [0.05, 0.1) is 41.6 Å². The Morgan fingerprint density at radius 1 is 1.29 bits per heavy atom. The molecule has 1 N–H and O–H groups in total. The van der Waals surface area contributed by atoms with Gasteiger partial charge in [0.25, 0.3) is 0 Å². The molecule has 3 aromatic rings. The monoisotopic (exact) mass is 461 g/mol. The second kappa shape index (κ2) is 8.29. The van der Waals surface area contributed by atoms with Gasteiger partial charge in [0.1, 0.15) is 24.2 Å². The highest BCUT2D eigenvalue weighted by molar-refractivity contribution is 5.85. The van der Waals surface area contributed by atoms with Crippen molar-refractivity contribution >= 4 is 17.3 Å². The molecule has 1 aliphatic heterocycles. The first kappa shape index (κ1) is 22.2. The van der Waals surface area contributed by atoms with Crippen LogP contribution in [0.15, 0.2) is 36.8 Å². The molecule has 1 aliphatic carbocycles. The van der Waals surface area contributed by atoms with E-state index < -0.39 is 5.60 Å². The van der Waals surface area contributed by atoms with Gasteiger partial charge in [0.2, 0.25) is 0 Å². The molecule has 3 aromatic heterocycles. The smallest absolute Gasteiger partial charge is 0.309 e. The lowest BCUT2D eigenvalue weighted by atomic mass is 10.1. The van der Waals surface area contributed by atoms with Crippen molar-refractivity contribution in [3.05, 3.63) is 42.4 Å². The van der Waals surface area contributed by atoms with E-state index in [0.29, 0.717) is 35.3 Å². The van der Waals surface area contributed by atoms with Gasteiger partial charge in [-0.2, -0.15) is 10.4 Å². The fourth-order valence-corrected chi connectivity index (χ4v) is 4.77. The topological polar surface area (TPSA) is 113 Å². The minimum absolute atomic E-state index is 0.0293. The van der Waals surface area contributed by atoms with Crippen LogP contribution in [0.25, 0.3) is 16.6 Å². The first-order chi connectivity index (χ1) is 16.3. The van der Waals surface area contributed by atoms with E-state index in [1.54, 1.807) is 30.8 Å². The Morgan fingerprint density at radius 3 is 2.68 bits per heavy atom. The standard InChI is InChI=1S/C25H27N5O4/c1-4-33-24(31)22-19-12-29(13-20(19)22)21-6-5-15(9-27-21)18-7-17(34-14-25(2,3)32)11-30-23(18)16(8-26)10-28-30/h5-7,9-11,19-20,22,32H,4,12-14H2,1-3H3/t19-,20+,22+. The number of piperidine rings is 1. The number of hydrogen-bond donors (Lipinski definition) is 1. The van der Waals surface area contributed by atoms with Crippen molar-refractivity contribution in [2.75, 3.05) is 31.2 Å². The molecule has 0 bridgehead atoms. The molecule has 0 radical (unpaired) electrons. The third kappa shape index (κ3) is 4.05. The number of nitriles is 1. The summed E-state index contributed by atoms with van der Waals surface area (Å²) in [6.45, 7) is 7.32. The molecule has 1 saturated carbocycles. The summed E-state index contributed by atoms with van der Waals surface area (Å²) in [5.41, 5.74) is 1.74. The molecule has 34 heavy (non-hydrogen) atoms. The van der Waals surface area contributed by atoms with Crippen molar-refractivity contribution < 1.29 is 19.4 Å². The lowest BCUT2D eigenvalue weighted by Gasteiger charge is -2.21. The predicted molar refractivity (Wildman–Crippen MR) is 124 cm³/mol. The average molecular weight is 462 g/mol.